The summed E-state index contributed by atoms with van der Waals surface area (Å²) in [6, 6.07) is 13.7. The molecule has 1 aromatic carbocycles. The molecule has 7 nitrogen and oxygen atoms in total. The third-order valence-electron chi connectivity index (χ3n) is 4.46. The minimum absolute atomic E-state index is 0.133. The molecule has 2 aromatic heterocycles. The fourth-order valence-electron chi connectivity index (χ4n) is 3.12. The molecule has 1 aliphatic rings. The monoisotopic (exact) mass is 416 g/mol. The fraction of sp³-hybridized carbons (Fsp3) is 0.150. The van der Waals surface area contributed by atoms with E-state index in [-0.39, 0.29) is 29.9 Å². The Hall–Kier alpha value is -3.82. The molecule has 3 heterocycles. The van der Waals surface area contributed by atoms with Crippen LogP contribution >= 0.6 is 0 Å². The summed E-state index contributed by atoms with van der Waals surface area (Å²) >= 11 is 0. The second-order valence-corrected chi connectivity index (χ2v) is 6.49. The van der Waals surface area contributed by atoms with Crippen molar-refractivity contribution in [2.24, 2.45) is 0 Å². The maximum atomic E-state index is 12.8. The molecule has 10 heteroatoms. The molecule has 1 aliphatic heterocycles. The number of amides is 1. The average molecular weight is 416 g/mol. The van der Waals surface area contributed by atoms with Gasteiger partial charge in [0.15, 0.2) is 0 Å². The van der Waals surface area contributed by atoms with Crippen molar-refractivity contribution in [1.29, 1.82) is 0 Å². The Morgan fingerprint density at radius 3 is 2.67 bits per heavy atom. The van der Waals surface area contributed by atoms with Gasteiger partial charge in [0.1, 0.15) is 5.82 Å². The number of alkyl halides is 3. The lowest BCUT2D eigenvalue weighted by Gasteiger charge is -2.17. The lowest BCUT2D eigenvalue weighted by atomic mass is 10.1. The summed E-state index contributed by atoms with van der Waals surface area (Å²) < 4.78 is 39.2. The van der Waals surface area contributed by atoms with Gasteiger partial charge in [-0.15, -0.1) is 0 Å². The van der Waals surface area contributed by atoms with E-state index in [9.17, 15) is 22.8 Å². The van der Waals surface area contributed by atoms with Crippen molar-refractivity contribution in [3.8, 4) is 11.3 Å². The molecule has 0 atom stereocenters. The topological polar surface area (TPSA) is 85.2 Å². The molecule has 4 rings (SSSR count). The third kappa shape index (κ3) is 3.84. The van der Waals surface area contributed by atoms with E-state index in [0.29, 0.717) is 11.4 Å². The van der Waals surface area contributed by atoms with Crippen LogP contribution in [0.1, 0.15) is 16.1 Å². The molecule has 0 unspecified atom stereocenters. The van der Waals surface area contributed by atoms with Gasteiger partial charge in [0, 0.05) is 30.4 Å². The van der Waals surface area contributed by atoms with Crippen LogP contribution < -0.4 is 15.5 Å². The van der Waals surface area contributed by atoms with E-state index in [0.717, 1.165) is 10.4 Å². The molecular weight excluding hydrogens is 401 g/mol. The maximum absolute atomic E-state index is 12.8. The van der Waals surface area contributed by atoms with Crippen LogP contribution in [0.15, 0.2) is 54.7 Å². The van der Waals surface area contributed by atoms with Gasteiger partial charge in [0.25, 0.3) is 5.91 Å². The summed E-state index contributed by atoms with van der Waals surface area (Å²) in [7, 11) is 0. The predicted octanol–water partition coefficient (Wildman–Crippen LogP) is 3.10. The van der Waals surface area contributed by atoms with Crippen molar-refractivity contribution in [1.82, 2.24) is 15.0 Å². The number of halogens is 3. The maximum Gasteiger partial charge on any atom is 0.493 e. The number of hydrogen-bond acceptors (Lipinski definition) is 5. The zero-order chi connectivity index (χ0) is 21.3. The second-order valence-electron chi connectivity index (χ2n) is 6.49. The first-order valence-corrected chi connectivity index (χ1v) is 8.94. The van der Waals surface area contributed by atoms with Crippen LogP contribution in [0.25, 0.3) is 11.3 Å². The standard InChI is InChI=1S/C20H15F3N4O3/c21-20(22,23)19(29)30-27-15-7-9-25-18(28)14(15)11-16(27)12-6-8-24-17(10-12)26-13-4-2-1-3-5-13/h1-6,8,10-11H,7,9H2,(H,24,26)(H,25,28). The Morgan fingerprint density at radius 2 is 1.93 bits per heavy atom. The van der Waals surface area contributed by atoms with Crippen molar-refractivity contribution < 1.29 is 27.6 Å². The summed E-state index contributed by atoms with van der Waals surface area (Å²) in [5.41, 5.74) is 1.66. The van der Waals surface area contributed by atoms with E-state index in [1.807, 2.05) is 30.3 Å². The van der Waals surface area contributed by atoms with Gasteiger partial charge in [-0.1, -0.05) is 18.2 Å². The molecular formula is C20H15F3N4O3. The van der Waals surface area contributed by atoms with E-state index in [1.54, 1.807) is 12.1 Å². The van der Waals surface area contributed by atoms with Crippen LogP contribution in [0.5, 0.6) is 0 Å². The van der Waals surface area contributed by atoms with Crippen LogP contribution in [-0.4, -0.2) is 34.3 Å². The van der Waals surface area contributed by atoms with E-state index in [1.165, 1.54) is 12.3 Å². The number of aromatic nitrogens is 2. The van der Waals surface area contributed by atoms with Gasteiger partial charge in [0.05, 0.1) is 17.0 Å². The summed E-state index contributed by atoms with van der Waals surface area (Å²) in [4.78, 5) is 32.5. The van der Waals surface area contributed by atoms with Crippen molar-refractivity contribution >= 4 is 23.4 Å². The Balaban J connectivity index is 1.76. The van der Waals surface area contributed by atoms with Gasteiger partial charge in [-0.05, 0) is 30.3 Å². The first kappa shape index (κ1) is 19.5. The van der Waals surface area contributed by atoms with Crippen LogP contribution in [-0.2, 0) is 11.2 Å². The van der Waals surface area contributed by atoms with E-state index >= 15 is 0 Å². The molecule has 0 fully saturated rings. The highest BCUT2D eigenvalue weighted by molar-refractivity contribution is 5.98. The lowest BCUT2D eigenvalue weighted by molar-refractivity contribution is -0.199. The average Bonchev–Trinajstić information content (AvgIpc) is 3.08. The van der Waals surface area contributed by atoms with Gasteiger partial charge in [0.2, 0.25) is 0 Å². The van der Waals surface area contributed by atoms with Gasteiger partial charge in [-0.2, -0.15) is 17.9 Å². The summed E-state index contributed by atoms with van der Waals surface area (Å²) in [6.07, 6.45) is -3.50. The second kappa shape index (κ2) is 7.54. The van der Waals surface area contributed by atoms with Crippen LogP contribution in [0.4, 0.5) is 24.7 Å². The molecule has 2 N–H and O–H groups in total. The van der Waals surface area contributed by atoms with E-state index < -0.39 is 18.1 Å². The number of nitrogens with one attached hydrogen (secondary N) is 2. The van der Waals surface area contributed by atoms with Gasteiger partial charge in [-0.3, -0.25) is 4.79 Å². The van der Waals surface area contributed by atoms with Gasteiger partial charge >= 0.3 is 12.1 Å². The third-order valence-corrected chi connectivity index (χ3v) is 4.46. The number of hydrogen-bond donors (Lipinski definition) is 2. The van der Waals surface area contributed by atoms with Crippen molar-refractivity contribution in [2.45, 2.75) is 12.6 Å². The zero-order valence-corrected chi connectivity index (χ0v) is 15.4. The highest BCUT2D eigenvalue weighted by Crippen LogP contribution is 2.30. The molecule has 30 heavy (non-hydrogen) atoms. The molecule has 0 saturated carbocycles. The minimum atomic E-state index is -5.18. The number of pyridine rings is 1. The van der Waals surface area contributed by atoms with E-state index in [2.05, 4.69) is 20.5 Å². The van der Waals surface area contributed by atoms with Crippen molar-refractivity contribution in [2.75, 3.05) is 11.9 Å². The molecule has 0 saturated heterocycles. The number of anilines is 2. The number of carbonyl (C=O) groups excluding carboxylic acids is 2. The lowest BCUT2D eigenvalue weighted by Crippen LogP contribution is -2.37. The van der Waals surface area contributed by atoms with Gasteiger partial charge < -0.3 is 15.5 Å². The smallest absolute Gasteiger partial charge is 0.352 e. The molecule has 1 amide bonds. The molecule has 0 bridgehead atoms. The molecule has 0 spiro atoms. The number of fused-ring (bicyclic) bond motifs is 1. The summed E-state index contributed by atoms with van der Waals surface area (Å²) in [6.45, 7) is 0.218. The first-order valence-electron chi connectivity index (χ1n) is 8.94. The Morgan fingerprint density at radius 1 is 1.17 bits per heavy atom. The quantitative estimate of drug-likeness (QED) is 0.683. The number of rotatable bonds is 4. The SMILES string of the molecule is O=C1NCCc2c1cc(-c1ccnc(Nc3ccccc3)c1)n2OC(=O)C(F)(F)F. The molecule has 3 aromatic rings. The number of nitrogens with zero attached hydrogens (tertiary/aromatic N) is 2. The number of benzene rings is 1. The van der Waals surface area contributed by atoms with Crippen LogP contribution in [0.2, 0.25) is 0 Å². The van der Waals surface area contributed by atoms with Crippen molar-refractivity contribution in [3.05, 3.63) is 66.0 Å². The zero-order valence-electron chi connectivity index (χ0n) is 15.4. The molecule has 0 radical (unpaired) electrons. The summed E-state index contributed by atoms with van der Waals surface area (Å²) in [5, 5.41) is 5.70. The highest BCUT2D eigenvalue weighted by Gasteiger charge is 2.43. The number of para-hydroxylation sites is 1. The fourth-order valence-corrected chi connectivity index (χ4v) is 3.12. The normalized spacial score (nSPS) is 13.4. The Kier molecular flexibility index (Phi) is 4.90. The predicted molar refractivity (Wildman–Crippen MR) is 101 cm³/mol. The van der Waals surface area contributed by atoms with Crippen LogP contribution in [0.3, 0.4) is 0 Å². The highest BCUT2D eigenvalue weighted by atomic mass is 19.4. The Labute approximate surface area is 168 Å². The Bertz CT molecular complexity index is 1110. The van der Waals surface area contributed by atoms with E-state index in [4.69, 9.17) is 0 Å². The minimum Gasteiger partial charge on any atom is -0.352 e. The first-order chi connectivity index (χ1) is 14.3. The molecule has 0 aliphatic carbocycles. The number of carbonyl (C=O) groups is 2. The van der Waals surface area contributed by atoms with Crippen molar-refractivity contribution in [3.63, 3.8) is 0 Å². The summed E-state index contributed by atoms with van der Waals surface area (Å²) in [5.74, 6) is -2.39. The molecule has 154 valence electrons. The van der Waals surface area contributed by atoms with Gasteiger partial charge in [-0.25, -0.2) is 9.78 Å². The largest absolute Gasteiger partial charge is 0.493 e. The van der Waals surface area contributed by atoms with Crippen LogP contribution in [0, 0.1) is 0 Å².